The van der Waals surface area contributed by atoms with Crippen molar-refractivity contribution < 1.29 is 0 Å². The van der Waals surface area contributed by atoms with Crippen molar-refractivity contribution in [1.29, 1.82) is 0 Å². The van der Waals surface area contributed by atoms with E-state index < -0.39 is 0 Å². The molecule has 0 aliphatic heterocycles. The summed E-state index contributed by atoms with van der Waals surface area (Å²) in [5.41, 5.74) is 3.35. The highest BCUT2D eigenvalue weighted by Gasteiger charge is 2.17. The molecule has 0 amide bonds. The lowest BCUT2D eigenvalue weighted by atomic mass is 9.91. The molecule has 0 saturated carbocycles. The summed E-state index contributed by atoms with van der Waals surface area (Å²) in [4.78, 5) is 14.4. The molecular weight excluding hydrogens is 198 g/mol. The number of aromatic nitrogens is 1. The van der Waals surface area contributed by atoms with Gasteiger partial charge in [0.2, 0.25) is 0 Å². The van der Waals surface area contributed by atoms with Gasteiger partial charge in [0.1, 0.15) is 5.02 Å². The standard InChI is InChI=1S/C11H14ClNO/c1-2-7-8-5-3-4-6-9(8)13-11(14)10(7)12/h2-6H2,1H3,(H,13,14). The molecule has 1 aliphatic rings. The van der Waals surface area contributed by atoms with Crippen molar-refractivity contribution in [2.45, 2.75) is 39.0 Å². The molecule has 14 heavy (non-hydrogen) atoms. The van der Waals surface area contributed by atoms with Crippen LogP contribution in [0.2, 0.25) is 5.02 Å². The highest BCUT2D eigenvalue weighted by atomic mass is 35.5. The first-order valence-electron chi connectivity index (χ1n) is 5.16. The van der Waals surface area contributed by atoms with Crippen molar-refractivity contribution in [2.24, 2.45) is 0 Å². The van der Waals surface area contributed by atoms with Crippen LogP contribution in [-0.4, -0.2) is 4.98 Å². The third-order valence-electron chi connectivity index (χ3n) is 2.91. The fraction of sp³-hybridized carbons (Fsp3) is 0.545. The van der Waals surface area contributed by atoms with Gasteiger partial charge in [0.05, 0.1) is 0 Å². The molecule has 0 saturated heterocycles. The van der Waals surface area contributed by atoms with Gasteiger partial charge in [-0.05, 0) is 43.2 Å². The Balaban J connectivity index is 2.66. The maximum Gasteiger partial charge on any atom is 0.267 e. The third kappa shape index (κ3) is 1.48. The molecule has 76 valence electrons. The van der Waals surface area contributed by atoms with E-state index in [0.717, 1.165) is 30.5 Å². The first kappa shape index (κ1) is 9.78. The molecule has 1 heterocycles. The fourth-order valence-corrected chi connectivity index (χ4v) is 2.50. The summed E-state index contributed by atoms with van der Waals surface area (Å²) in [5.74, 6) is 0. The summed E-state index contributed by atoms with van der Waals surface area (Å²) >= 11 is 5.99. The summed E-state index contributed by atoms with van der Waals surface area (Å²) in [6.07, 6.45) is 5.30. The molecule has 1 aliphatic carbocycles. The van der Waals surface area contributed by atoms with E-state index in [1.54, 1.807) is 0 Å². The summed E-state index contributed by atoms with van der Waals surface area (Å²) < 4.78 is 0. The van der Waals surface area contributed by atoms with Gasteiger partial charge in [-0.1, -0.05) is 18.5 Å². The van der Waals surface area contributed by atoms with Gasteiger partial charge in [-0.3, -0.25) is 4.79 Å². The van der Waals surface area contributed by atoms with Gasteiger partial charge < -0.3 is 4.98 Å². The molecule has 0 aromatic carbocycles. The number of fused-ring (bicyclic) bond motifs is 1. The van der Waals surface area contributed by atoms with Crippen LogP contribution in [0.3, 0.4) is 0 Å². The molecule has 0 fully saturated rings. The molecule has 3 heteroatoms. The normalized spacial score (nSPS) is 15.3. The van der Waals surface area contributed by atoms with E-state index >= 15 is 0 Å². The SMILES string of the molecule is CCc1c2c([nH]c(=O)c1Cl)CCCC2. The van der Waals surface area contributed by atoms with Crippen LogP contribution in [0.5, 0.6) is 0 Å². The third-order valence-corrected chi connectivity index (χ3v) is 3.31. The zero-order valence-corrected chi connectivity index (χ0v) is 9.08. The zero-order valence-electron chi connectivity index (χ0n) is 8.32. The number of rotatable bonds is 1. The van der Waals surface area contributed by atoms with Crippen LogP contribution in [0.25, 0.3) is 0 Å². The number of nitrogens with one attached hydrogen (secondary N) is 1. The highest BCUT2D eigenvalue weighted by Crippen LogP contribution is 2.25. The maximum atomic E-state index is 11.5. The molecule has 1 aromatic rings. The predicted octanol–water partition coefficient (Wildman–Crippen LogP) is 2.47. The lowest BCUT2D eigenvalue weighted by molar-refractivity contribution is 0.658. The van der Waals surface area contributed by atoms with Gasteiger partial charge in [-0.25, -0.2) is 0 Å². The van der Waals surface area contributed by atoms with Gasteiger partial charge in [0.25, 0.3) is 5.56 Å². The van der Waals surface area contributed by atoms with Crippen molar-refractivity contribution in [1.82, 2.24) is 4.98 Å². The van der Waals surface area contributed by atoms with Crippen molar-refractivity contribution in [3.63, 3.8) is 0 Å². The largest absolute Gasteiger partial charge is 0.325 e. The van der Waals surface area contributed by atoms with Crippen LogP contribution in [0.15, 0.2) is 4.79 Å². The van der Waals surface area contributed by atoms with Crippen LogP contribution < -0.4 is 5.56 Å². The molecule has 1 aromatic heterocycles. The Kier molecular flexibility index (Phi) is 2.64. The Morgan fingerprint density at radius 3 is 2.79 bits per heavy atom. The number of hydrogen-bond donors (Lipinski definition) is 1. The van der Waals surface area contributed by atoms with Crippen molar-refractivity contribution in [2.75, 3.05) is 0 Å². The summed E-state index contributed by atoms with van der Waals surface area (Å²) in [7, 11) is 0. The van der Waals surface area contributed by atoms with Crippen LogP contribution in [-0.2, 0) is 19.3 Å². The predicted molar refractivity (Wildman–Crippen MR) is 58.1 cm³/mol. The number of hydrogen-bond acceptors (Lipinski definition) is 1. The van der Waals surface area contributed by atoms with E-state index in [0.29, 0.717) is 5.02 Å². The zero-order chi connectivity index (χ0) is 10.1. The number of halogens is 1. The van der Waals surface area contributed by atoms with E-state index in [2.05, 4.69) is 11.9 Å². The quantitative estimate of drug-likeness (QED) is 0.761. The van der Waals surface area contributed by atoms with Gasteiger partial charge >= 0.3 is 0 Å². The maximum absolute atomic E-state index is 11.5. The number of pyridine rings is 1. The molecule has 0 atom stereocenters. The Labute approximate surface area is 88.3 Å². The smallest absolute Gasteiger partial charge is 0.267 e. The van der Waals surface area contributed by atoms with E-state index in [-0.39, 0.29) is 5.56 Å². The first-order chi connectivity index (χ1) is 6.74. The summed E-state index contributed by atoms with van der Waals surface area (Å²) in [6.45, 7) is 2.05. The second-order valence-electron chi connectivity index (χ2n) is 3.76. The van der Waals surface area contributed by atoms with Crippen molar-refractivity contribution >= 4 is 11.6 Å². The van der Waals surface area contributed by atoms with Crippen molar-refractivity contribution in [3.05, 3.63) is 32.2 Å². The molecule has 2 rings (SSSR count). The minimum atomic E-state index is -0.121. The van der Waals surface area contributed by atoms with Gasteiger partial charge in [0, 0.05) is 5.69 Å². The Bertz CT molecular complexity index is 408. The highest BCUT2D eigenvalue weighted by molar-refractivity contribution is 6.31. The Morgan fingerprint density at radius 2 is 2.07 bits per heavy atom. The molecule has 0 bridgehead atoms. The van der Waals surface area contributed by atoms with Crippen LogP contribution >= 0.6 is 11.6 Å². The summed E-state index contributed by atoms with van der Waals surface area (Å²) in [5, 5.41) is 0.396. The molecule has 0 unspecified atom stereocenters. The van der Waals surface area contributed by atoms with E-state index in [1.807, 2.05) is 0 Å². The average molecular weight is 212 g/mol. The van der Waals surface area contributed by atoms with E-state index in [1.165, 1.54) is 18.4 Å². The lowest BCUT2D eigenvalue weighted by Gasteiger charge is -2.19. The monoisotopic (exact) mass is 211 g/mol. The van der Waals surface area contributed by atoms with Gasteiger partial charge in [-0.2, -0.15) is 0 Å². The number of H-pyrrole nitrogens is 1. The molecule has 1 N–H and O–H groups in total. The fourth-order valence-electron chi connectivity index (χ4n) is 2.21. The molecular formula is C11H14ClNO. The second kappa shape index (κ2) is 3.77. The number of aromatic amines is 1. The van der Waals surface area contributed by atoms with Crippen LogP contribution in [0.4, 0.5) is 0 Å². The summed E-state index contributed by atoms with van der Waals surface area (Å²) in [6, 6.07) is 0. The molecule has 0 spiro atoms. The van der Waals surface area contributed by atoms with Crippen LogP contribution in [0, 0.1) is 0 Å². The number of aryl methyl sites for hydroxylation is 1. The first-order valence-corrected chi connectivity index (χ1v) is 5.54. The molecule has 0 radical (unpaired) electrons. The Hall–Kier alpha value is -0.760. The van der Waals surface area contributed by atoms with Crippen molar-refractivity contribution in [3.8, 4) is 0 Å². The van der Waals surface area contributed by atoms with Crippen LogP contribution in [0.1, 0.15) is 36.6 Å². The van der Waals surface area contributed by atoms with Gasteiger partial charge in [-0.15, -0.1) is 0 Å². The topological polar surface area (TPSA) is 32.9 Å². The second-order valence-corrected chi connectivity index (χ2v) is 4.14. The Morgan fingerprint density at radius 1 is 1.36 bits per heavy atom. The minimum absolute atomic E-state index is 0.121. The van der Waals surface area contributed by atoms with E-state index in [4.69, 9.17) is 11.6 Å². The average Bonchev–Trinajstić information content (AvgIpc) is 2.20. The minimum Gasteiger partial charge on any atom is -0.325 e. The lowest BCUT2D eigenvalue weighted by Crippen LogP contribution is -2.18. The van der Waals surface area contributed by atoms with E-state index in [9.17, 15) is 4.79 Å². The molecule has 2 nitrogen and oxygen atoms in total. The van der Waals surface area contributed by atoms with Gasteiger partial charge in [0.15, 0.2) is 0 Å².